The Bertz CT molecular complexity index is 491. The van der Waals surface area contributed by atoms with Crippen LogP contribution in [0.4, 0.5) is 0 Å². The number of carbonyl (C=O) groups excluding carboxylic acids is 1. The highest BCUT2D eigenvalue weighted by Gasteiger charge is 2.22. The van der Waals surface area contributed by atoms with Crippen LogP contribution in [0.1, 0.15) is 90.4 Å². The fourth-order valence-electron chi connectivity index (χ4n) is 3.35. The average Bonchev–Trinajstić information content (AvgIpc) is 2.77. The molecule has 1 unspecified atom stereocenters. The molecule has 0 aliphatic carbocycles. The number of carboxylic acids is 2. The fourth-order valence-corrected chi connectivity index (χ4v) is 3.35. The molecule has 0 aromatic heterocycles. The number of aliphatic hydroxyl groups excluding tert-OH is 3. The molecule has 0 aromatic carbocycles. The molecule has 0 heterocycles. The average molecular weight is 493 g/mol. The van der Waals surface area contributed by atoms with E-state index in [0.29, 0.717) is 26.1 Å². The van der Waals surface area contributed by atoms with E-state index in [1.165, 1.54) is 51.4 Å². The van der Waals surface area contributed by atoms with Gasteiger partial charge in [0.1, 0.15) is 6.04 Å². The molecule has 0 fully saturated rings. The van der Waals surface area contributed by atoms with Gasteiger partial charge in [0, 0.05) is 26.1 Å². The first-order chi connectivity index (χ1) is 16.3. The number of amides is 1. The molecule has 0 bridgehead atoms. The molecule has 1 atom stereocenters. The van der Waals surface area contributed by atoms with Gasteiger partial charge in [0.15, 0.2) is 0 Å². The Morgan fingerprint density at radius 1 is 0.706 bits per heavy atom. The zero-order valence-electron chi connectivity index (χ0n) is 20.9. The minimum absolute atomic E-state index is 0.0694. The summed E-state index contributed by atoms with van der Waals surface area (Å²) in [6.45, 7) is 3.97. The summed E-state index contributed by atoms with van der Waals surface area (Å²) in [6.07, 6.45) is 12.7. The van der Waals surface area contributed by atoms with Crippen molar-refractivity contribution in [3.8, 4) is 0 Å². The summed E-state index contributed by atoms with van der Waals surface area (Å²) in [5.41, 5.74) is 0. The first kappa shape index (κ1) is 34.4. The van der Waals surface area contributed by atoms with Gasteiger partial charge in [0.05, 0.1) is 26.2 Å². The van der Waals surface area contributed by atoms with Gasteiger partial charge < -0.3 is 30.8 Å². The van der Waals surface area contributed by atoms with Crippen LogP contribution in [0, 0.1) is 0 Å². The van der Waals surface area contributed by atoms with Crippen LogP contribution in [0.25, 0.3) is 0 Å². The molecule has 0 aromatic rings. The Hall–Kier alpha value is -1.75. The third-order valence-corrected chi connectivity index (χ3v) is 5.27. The van der Waals surface area contributed by atoms with E-state index < -0.39 is 24.4 Å². The van der Waals surface area contributed by atoms with E-state index in [1.807, 2.05) is 0 Å². The second-order valence-electron chi connectivity index (χ2n) is 8.35. The van der Waals surface area contributed by atoms with Crippen LogP contribution in [-0.2, 0) is 14.4 Å². The van der Waals surface area contributed by atoms with Crippen LogP contribution in [0.5, 0.6) is 0 Å². The highest BCUT2D eigenvalue weighted by molar-refractivity contribution is 5.86. The van der Waals surface area contributed by atoms with Crippen molar-refractivity contribution in [2.45, 2.75) is 96.4 Å². The van der Waals surface area contributed by atoms with Crippen LogP contribution >= 0.6 is 0 Å². The molecule has 34 heavy (non-hydrogen) atoms. The first-order valence-electron chi connectivity index (χ1n) is 12.6. The van der Waals surface area contributed by atoms with Crippen molar-refractivity contribution >= 4 is 17.8 Å². The molecule has 0 saturated carbocycles. The smallest absolute Gasteiger partial charge is 0.326 e. The van der Waals surface area contributed by atoms with E-state index in [1.54, 1.807) is 4.90 Å². The number of carboxylic acid groups (broad SMARTS) is 2. The Balaban J connectivity index is 0. The van der Waals surface area contributed by atoms with E-state index >= 15 is 0 Å². The molecule has 0 radical (unpaired) electrons. The highest BCUT2D eigenvalue weighted by Crippen LogP contribution is 2.12. The summed E-state index contributed by atoms with van der Waals surface area (Å²) in [5.74, 6) is -2.94. The van der Waals surface area contributed by atoms with Crippen molar-refractivity contribution < 1.29 is 39.9 Å². The highest BCUT2D eigenvalue weighted by atomic mass is 16.4. The molecule has 1 amide bonds. The van der Waals surface area contributed by atoms with E-state index in [0.717, 1.165) is 12.8 Å². The number of aliphatic hydroxyl groups is 3. The standard InChI is InChI=1S/C18H33NO5.C6H15NO3/c1-2-3-4-5-6-7-8-9-10-11-12-13-16(20)19-15(18(23)24)14-17(21)22;8-4-1-7(2-5-9)3-6-10/h15H,2-14H2,1H3,(H,19,20)(H,21,22)(H,23,24);8-10H,1-6H2. The van der Waals surface area contributed by atoms with E-state index in [2.05, 4.69) is 12.2 Å². The van der Waals surface area contributed by atoms with Crippen LogP contribution < -0.4 is 5.32 Å². The molecule has 0 rings (SSSR count). The number of hydrogen-bond donors (Lipinski definition) is 6. The molecule has 202 valence electrons. The number of unbranched alkanes of at least 4 members (excludes halogenated alkanes) is 10. The maximum absolute atomic E-state index is 11.6. The van der Waals surface area contributed by atoms with Gasteiger partial charge >= 0.3 is 11.9 Å². The maximum atomic E-state index is 11.6. The molecule has 10 nitrogen and oxygen atoms in total. The topological polar surface area (TPSA) is 168 Å². The SMILES string of the molecule is CCCCCCCCCCCCCC(=O)NC(CC(=O)O)C(=O)O.OCCN(CCO)CCO. The fraction of sp³-hybridized carbons (Fsp3) is 0.875. The molecule has 0 saturated heterocycles. The quantitative estimate of drug-likeness (QED) is 0.124. The largest absolute Gasteiger partial charge is 0.481 e. The van der Waals surface area contributed by atoms with Crippen molar-refractivity contribution in [2.75, 3.05) is 39.5 Å². The van der Waals surface area contributed by atoms with Gasteiger partial charge in [0.2, 0.25) is 5.91 Å². The Morgan fingerprint density at radius 2 is 1.12 bits per heavy atom. The van der Waals surface area contributed by atoms with E-state index in [-0.39, 0.29) is 32.1 Å². The first-order valence-corrected chi connectivity index (χ1v) is 12.6. The second-order valence-corrected chi connectivity index (χ2v) is 8.35. The Morgan fingerprint density at radius 3 is 1.47 bits per heavy atom. The third kappa shape index (κ3) is 24.9. The van der Waals surface area contributed by atoms with Crippen molar-refractivity contribution in [3.63, 3.8) is 0 Å². The molecule has 6 N–H and O–H groups in total. The number of carbonyl (C=O) groups is 3. The lowest BCUT2D eigenvalue weighted by Gasteiger charge is -2.17. The monoisotopic (exact) mass is 492 g/mol. The lowest BCUT2D eigenvalue weighted by molar-refractivity contribution is -0.147. The minimum Gasteiger partial charge on any atom is -0.481 e. The lowest BCUT2D eigenvalue weighted by atomic mass is 10.1. The van der Waals surface area contributed by atoms with Crippen molar-refractivity contribution in [1.82, 2.24) is 10.2 Å². The predicted octanol–water partition coefficient (Wildman–Crippen LogP) is 2.00. The summed E-state index contributed by atoms with van der Waals surface area (Å²) < 4.78 is 0. The molecule has 0 aliphatic rings. The number of hydrogen-bond acceptors (Lipinski definition) is 7. The van der Waals surface area contributed by atoms with Crippen LogP contribution in [-0.4, -0.2) is 93.8 Å². The van der Waals surface area contributed by atoms with Gasteiger partial charge in [-0.05, 0) is 6.42 Å². The summed E-state index contributed by atoms with van der Waals surface area (Å²) in [7, 11) is 0. The van der Waals surface area contributed by atoms with Gasteiger partial charge in [-0.1, -0.05) is 71.1 Å². The van der Waals surface area contributed by atoms with Crippen molar-refractivity contribution in [3.05, 3.63) is 0 Å². The van der Waals surface area contributed by atoms with Gasteiger partial charge in [-0.2, -0.15) is 0 Å². The van der Waals surface area contributed by atoms with Crippen LogP contribution in [0.2, 0.25) is 0 Å². The maximum Gasteiger partial charge on any atom is 0.326 e. The normalized spacial score (nSPS) is 11.6. The number of nitrogens with zero attached hydrogens (tertiary/aromatic N) is 1. The Labute approximate surface area is 204 Å². The number of rotatable bonds is 22. The van der Waals surface area contributed by atoms with Gasteiger partial charge in [-0.15, -0.1) is 0 Å². The van der Waals surface area contributed by atoms with E-state index in [9.17, 15) is 14.4 Å². The van der Waals surface area contributed by atoms with Crippen LogP contribution in [0.15, 0.2) is 0 Å². The summed E-state index contributed by atoms with van der Waals surface area (Å²) in [6, 6.07) is -1.34. The number of nitrogens with one attached hydrogen (secondary N) is 1. The summed E-state index contributed by atoms with van der Waals surface area (Å²) in [4.78, 5) is 34.8. The van der Waals surface area contributed by atoms with Crippen LogP contribution in [0.3, 0.4) is 0 Å². The zero-order valence-corrected chi connectivity index (χ0v) is 20.9. The zero-order chi connectivity index (χ0) is 26.0. The number of aliphatic carboxylic acids is 2. The summed E-state index contributed by atoms with van der Waals surface area (Å²) >= 11 is 0. The van der Waals surface area contributed by atoms with Gasteiger partial charge in [-0.25, -0.2) is 4.79 Å². The van der Waals surface area contributed by atoms with E-state index in [4.69, 9.17) is 25.5 Å². The molecular weight excluding hydrogens is 444 g/mol. The lowest BCUT2D eigenvalue weighted by Crippen LogP contribution is -2.42. The van der Waals surface area contributed by atoms with Crippen molar-refractivity contribution in [2.24, 2.45) is 0 Å². The Kier molecular flexibility index (Phi) is 26.2. The van der Waals surface area contributed by atoms with Crippen molar-refractivity contribution in [1.29, 1.82) is 0 Å². The van der Waals surface area contributed by atoms with Gasteiger partial charge in [0.25, 0.3) is 0 Å². The molecular formula is C24H48N2O8. The second kappa shape index (κ2) is 25.9. The summed E-state index contributed by atoms with van der Waals surface area (Å²) in [5, 5.41) is 45.2. The molecule has 0 aliphatic heterocycles. The molecule has 10 heteroatoms. The minimum atomic E-state index is -1.34. The predicted molar refractivity (Wildman–Crippen MR) is 131 cm³/mol. The molecule has 0 spiro atoms. The van der Waals surface area contributed by atoms with Gasteiger partial charge in [-0.3, -0.25) is 14.5 Å². The third-order valence-electron chi connectivity index (χ3n) is 5.27.